The Morgan fingerprint density at radius 3 is 2.86 bits per heavy atom. The highest BCUT2D eigenvalue weighted by Gasteiger charge is 2.31. The molecule has 6 nitrogen and oxygen atoms in total. The Bertz CT molecular complexity index is 728. The number of aliphatic carboxylic acids is 1. The summed E-state index contributed by atoms with van der Waals surface area (Å²) in [7, 11) is 0. The van der Waals surface area contributed by atoms with E-state index in [1.165, 1.54) is 6.20 Å². The van der Waals surface area contributed by atoms with Crippen molar-refractivity contribution in [3.63, 3.8) is 0 Å². The van der Waals surface area contributed by atoms with Crippen molar-refractivity contribution in [3.8, 4) is 5.69 Å². The van der Waals surface area contributed by atoms with Crippen LogP contribution in [0, 0.1) is 5.92 Å². The van der Waals surface area contributed by atoms with Gasteiger partial charge in [0.15, 0.2) is 0 Å². The maximum Gasteiger partial charge on any atom is 0.308 e. The number of carboxylic acids is 1. The monoisotopic (exact) mass is 319 g/mol. The maximum absolute atomic E-state index is 12.4. The van der Waals surface area contributed by atoms with Crippen LogP contribution in [0.4, 0.5) is 0 Å². The number of aromatic nitrogens is 2. The van der Waals surface area contributed by atoms with Gasteiger partial charge in [0.05, 0.1) is 23.4 Å². The van der Waals surface area contributed by atoms with E-state index in [0.29, 0.717) is 23.6 Å². The van der Waals surface area contributed by atoms with Crippen molar-refractivity contribution in [2.45, 2.75) is 6.42 Å². The number of rotatable bonds is 3. The Hall–Kier alpha value is -2.34. The molecule has 3 rings (SSSR count). The zero-order valence-corrected chi connectivity index (χ0v) is 12.4. The highest BCUT2D eigenvalue weighted by molar-refractivity contribution is 6.30. The van der Waals surface area contributed by atoms with Gasteiger partial charge in [-0.2, -0.15) is 5.10 Å². The summed E-state index contributed by atoms with van der Waals surface area (Å²) >= 11 is 5.94. The number of carbonyl (C=O) groups excluding carboxylic acids is 1. The minimum Gasteiger partial charge on any atom is -0.481 e. The highest BCUT2D eigenvalue weighted by Crippen LogP contribution is 2.20. The van der Waals surface area contributed by atoms with Crippen LogP contribution in [0.2, 0.25) is 5.02 Å². The predicted molar refractivity (Wildman–Crippen MR) is 80.2 cm³/mol. The summed E-state index contributed by atoms with van der Waals surface area (Å²) in [5.74, 6) is -1.53. The van der Waals surface area contributed by atoms with E-state index in [0.717, 1.165) is 5.69 Å². The normalized spacial score (nSPS) is 17.7. The van der Waals surface area contributed by atoms with Gasteiger partial charge in [0.1, 0.15) is 0 Å². The highest BCUT2D eigenvalue weighted by atomic mass is 35.5. The molecule has 0 spiro atoms. The van der Waals surface area contributed by atoms with Gasteiger partial charge in [-0.05, 0) is 24.6 Å². The number of hydrogen-bond donors (Lipinski definition) is 1. The molecule has 1 fully saturated rings. The van der Waals surface area contributed by atoms with Crippen LogP contribution >= 0.6 is 11.6 Å². The molecule has 1 aromatic heterocycles. The van der Waals surface area contributed by atoms with Crippen molar-refractivity contribution >= 4 is 23.5 Å². The number of carbonyl (C=O) groups is 2. The minimum atomic E-state index is -0.857. The van der Waals surface area contributed by atoms with Crippen LogP contribution in [-0.4, -0.2) is 44.8 Å². The second-order valence-electron chi connectivity index (χ2n) is 5.23. The molecule has 1 N–H and O–H groups in total. The molecule has 1 atom stereocenters. The Kier molecular flexibility index (Phi) is 3.85. The molecular weight excluding hydrogens is 306 g/mol. The molecule has 22 heavy (non-hydrogen) atoms. The van der Waals surface area contributed by atoms with Crippen LogP contribution in [0.3, 0.4) is 0 Å². The lowest BCUT2D eigenvalue weighted by Crippen LogP contribution is -2.29. The summed E-state index contributed by atoms with van der Waals surface area (Å²) in [6, 6.07) is 7.15. The zero-order valence-electron chi connectivity index (χ0n) is 11.6. The number of benzene rings is 1. The number of nitrogens with zero attached hydrogens (tertiary/aromatic N) is 3. The van der Waals surface area contributed by atoms with Gasteiger partial charge in [-0.3, -0.25) is 9.59 Å². The first-order valence-electron chi connectivity index (χ1n) is 6.87. The molecule has 1 aliphatic heterocycles. The summed E-state index contributed by atoms with van der Waals surface area (Å²) in [6.07, 6.45) is 3.60. The summed E-state index contributed by atoms with van der Waals surface area (Å²) in [4.78, 5) is 24.9. The van der Waals surface area contributed by atoms with Crippen molar-refractivity contribution in [2.24, 2.45) is 5.92 Å². The molecule has 1 saturated heterocycles. The lowest BCUT2D eigenvalue weighted by atomic mass is 10.1. The molecule has 1 aromatic carbocycles. The largest absolute Gasteiger partial charge is 0.481 e. The van der Waals surface area contributed by atoms with Gasteiger partial charge in [0.25, 0.3) is 5.91 Å². The fourth-order valence-corrected chi connectivity index (χ4v) is 2.71. The van der Waals surface area contributed by atoms with Gasteiger partial charge >= 0.3 is 5.97 Å². The Balaban J connectivity index is 1.77. The molecule has 1 aliphatic rings. The first-order valence-corrected chi connectivity index (χ1v) is 7.25. The quantitative estimate of drug-likeness (QED) is 0.939. The molecular formula is C15H14ClN3O3. The van der Waals surface area contributed by atoms with E-state index >= 15 is 0 Å². The number of amides is 1. The molecule has 7 heteroatoms. The summed E-state index contributed by atoms with van der Waals surface area (Å²) < 4.78 is 1.57. The number of halogens is 1. The minimum absolute atomic E-state index is 0.197. The Morgan fingerprint density at radius 2 is 2.18 bits per heavy atom. The second-order valence-corrected chi connectivity index (χ2v) is 5.66. The first-order chi connectivity index (χ1) is 10.5. The molecule has 0 saturated carbocycles. The third-order valence-electron chi connectivity index (χ3n) is 3.73. The fourth-order valence-electron chi connectivity index (χ4n) is 2.52. The zero-order chi connectivity index (χ0) is 15.7. The number of likely N-dealkylation sites (tertiary alicyclic amines) is 1. The van der Waals surface area contributed by atoms with E-state index < -0.39 is 11.9 Å². The molecule has 0 radical (unpaired) electrons. The second kappa shape index (κ2) is 5.81. The molecule has 2 heterocycles. The standard InChI is InChI=1S/C15H14ClN3O3/c16-12-2-1-3-13(6-12)19-9-11(7-17-19)14(20)18-5-4-10(8-18)15(21)22/h1-3,6-7,9-10H,4-5,8H2,(H,21,22). The van der Waals surface area contributed by atoms with E-state index in [1.54, 1.807) is 34.0 Å². The fraction of sp³-hybridized carbons (Fsp3) is 0.267. The molecule has 0 bridgehead atoms. The van der Waals surface area contributed by atoms with Crippen LogP contribution in [0.15, 0.2) is 36.7 Å². The van der Waals surface area contributed by atoms with Crippen LogP contribution in [0.25, 0.3) is 5.69 Å². The summed E-state index contributed by atoms with van der Waals surface area (Å²) in [5, 5.41) is 13.8. The van der Waals surface area contributed by atoms with E-state index in [9.17, 15) is 9.59 Å². The SMILES string of the molecule is O=C(O)C1CCN(C(=O)c2cnn(-c3cccc(Cl)c3)c2)C1. The molecule has 1 amide bonds. The topological polar surface area (TPSA) is 75.4 Å². The first kappa shape index (κ1) is 14.6. The van der Waals surface area contributed by atoms with Crippen LogP contribution in [0.5, 0.6) is 0 Å². The Labute approximate surface area is 131 Å². The molecule has 114 valence electrons. The number of hydrogen-bond acceptors (Lipinski definition) is 3. The van der Waals surface area contributed by atoms with Crippen LogP contribution in [0.1, 0.15) is 16.8 Å². The molecule has 0 aliphatic carbocycles. The van der Waals surface area contributed by atoms with E-state index in [2.05, 4.69) is 5.10 Å². The predicted octanol–water partition coefficient (Wildman–Crippen LogP) is 2.07. The smallest absolute Gasteiger partial charge is 0.308 e. The van der Waals surface area contributed by atoms with Gasteiger partial charge in [-0.15, -0.1) is 0 Å². The van der Waals surface area contributed by atoms with Gasteiger partial charge in [0.2, 0.25) is 0 Å². The van der Waals surface area contributed by atoms with Crippen molar-refractivity contribution in [1.82, 2.24) is 14.7 Å². The van der Waals surface area contributed by atoms with Gasteiger partial charge in [-0.25, -0.2) is 4.68 Å². The third-order valence-corrected chi connectivity index (χ3v) is 3.96. The van der Waals surface area contributed by atoms with Crippen molar-refractivity contribution in [3.05, 3.63) is 47.2 Å². The average molecular weight is 320 g/mol. The van der Waals surface area contributed by atoms with Crippen LogP contribution in [-0.2, 0) is 4.79 Å². The lowest BCUT2D eigenvalue weighted by molar-refractivity contribution is -0.141. The van der Waals surface area contributed by atoms with Gasteiger partial charge in [-0.1, -0.05) is 17.7 Å². The van der Waals surface area contributed by atoms with E-state index in [1.807, 2.05) is 6.07 Å². The molecule has 1 unspecified atom stereocenters. The number of carboxylic acid groups (broad SMARTS) is 1. The van der Waals surface area contributed by atoms with Crippen molar-refractivity contribution in [2.75, 3.05) is 13.1 Å². The lowest BCUT2D eigenvalue weighted by Gasteiger charge is -2.14. The van der Waals surface area contributed by atoms with E-state index in [-0.39, 0.29) is 12.5 Å². The van der Waals surface area contributed by atoms with Crippen molar-refractivity contribution in [1.29, 1.82) is 0 Å². The summed E-state index contributed by atoms with van der Waals surface area (Å²) in [6.45, 7) is 0.703. The van der Waals surface area contributed by atoms with Gasteiger partial charge < -0.3 is 10.0 Å². The maximum atomic E-state index is 12.4. The van der Waals surface area contributed by atoms with Crippen molar-refractivity contribution < 1.29 is 14.7 Å². The third kappa shape index (κ3) is 2.82. The Morgan fingerprint density at radius 1 is 1.36 bits per heavy atom. The van der Waals surface area contributed by atoms with Crippen LogP contribution < -0.4 is 0 Å². The van der Waals surface area contributed by atoms with E-state index in [4.69, 9.17) is 16.7 Å². The average Bonchev–Trinajstić information content (AvgIpc) is 3.16. The summed E-state index contributed by atoms with van der Waals surface area (Å²) in [5.41, 5.74) is 1.20. The molecule has 2 aromatic rings. The van der Waals surface area contributed by atoms with Gasteiger partial charge in [0, 0.05) is 24.3 Å².